The maximum Gasteiger partial charge on any atom is 0.435 e. The molecule has 2 heterocycles. The maximum absolute atomic E-state index is 12.5. The normalized spacial score (nSPS) is 14.2. The molecule has 0 saturated carbocycles. The van der Waals surface area contributed by atoms with Gasteiger partial charge in [0.15, 0.2) is 5.69 Å². The van der Waals surface area contributed by atoms with Crippen LogP contribution in [-0.4, -0.2) is 16.4 Å². The highest BCUT2D eigenvalue weighted by Gasteiger charge is 2.33. The zero-order valence-corrected chi connectivity index (χ0v) is 11.0. The lowest BCUT2D eigenvalue weighted by molar-refractivity contribution is -0.141. The van der Waals surface area contributed by atoms with E-state index in [-0.39, 0.29) is 6.54 Å². The largest absolute Gasteiger partial charge is 0.493 e. The summed E-state index contributed by atoms with van der Waals surface area (Å²) < 4.78 is 44.2. The van der Waals surface area contributed by atoms with E-state index in [0.29, 0.717) is 17.4 Å². The molecule has 0 spiro atoms. The third kappa shape index (κ3) is 2.47. The lowest BCUT2D eigenvalue weighted by Crippen LogP contribution is -2.09. The van der Waals surface area contributed by atoms with Crippen molar-refractivity contribution in [2.24, 2.45) is 0 Å². The standard InChI is InChI=1S/C13H10ClF3N2O/c14-10-5-8-2-4-20-12(8)9(6-10)7-19-3-1-11(18-19)13(15,16)17/h1,3,5-6H,2,4,7H2. The van der Waals surface area contributed by atoms with E-state index in [1.165, 1.54) is 10.9 Å². The van der Waals surface area contributed by atoms with E-state index in [9.17, 15) is 13.2 Å². The van der Waals surface area contributed by atoms with Crippen LogP contribution < -0.4 is 4.74 Å². The highest BCUT2D eigenvalue weighted by Crippen LogP contribution is 2.33. The minimum Gasteiger partial charge on any atom is -0.493 e. The third-order valence-electron chi connectivity index (χ3n) is 3.09. The van der Waals surface area contributed by atoms with Crippen LogP contribution in [0.5, 0.6) is 5.75 Å². The van der Waals surface area contributed by atoms with E-state index in [0.717, 1.165) is 23.6 Å². The average Bonchev–Trinajstić information content (AvgIpc) is 2.95. The Bertz CT molecular complexity index is 652. The minimum absolute atomic E-state index is 0.193. The van der Waals surface area contributed by atoms with Crippen LogP contribution in [0.4, 0.5) is 13.2 Å². The van der Waals surface area contributed by atoms with Gasteiger partial charge in [-0.2, -0.15) is 18.3 Å². The second-order valence-electron chi connectivity index (χ2n) is 4.55. The Hall–Kier alpha value is -1.69. The van der Waals surface area contributed by atoms with E-state index < -0.39 is 11.9 Å². The highest BCUT2D eigenvalue weighted by atomic mass is 35.5. The number of nitrogens with zero attached hydrogens (tertiary/aromatic N) is 2. The molecular weight excluding hydrogens is 293 g/mol. The van der Waals surface area contributed by atoms with Crippen LogP contribution in [0.3, 0.4) is 0 Å². The Morgan fingerprint density at radius 2 is 2.15 bits per heavy atom. The zero-order valence-electron chi connectivity index (χ0n) is 10.2. The van der Waals surface area contributed by atoms with Crippen LogP contribution in [0.1, 0.15) is 16.8 Å². The Balaban J connectivity index is 1.90. The molecule has 0 amide bonds. The first-order valence-corrected chi connectivity index (χ1v) is 6.36. The summed E-state index contributed by atoms with van der Waals surface area (Å²) in [6, 6.07) is 4.46. The number of hydrogen-bond acceptors (Lipinski definition) is 2. The molecule has 0 radical (unpaired) electrons. The van der Waals surface area contributed by atoms with Gasteiger partial charge in [0, 0.05) is 23.2 Å². The predicted molar refractivity (Wildman–Crippen MR) is 67.0 cm³/mol. The van der Waals surface area contributed by atoms with Gasteiger partial charge < -0.3 is 4.74 Å². The van der Waals surface area contributed by atoms with Crippen molar-refractivity contribution >= 4 is 11.6 Å². The van der Waals surface area contributed by atoms with E-state index in [1.807, 2.05) is 6.07 Å². The van der Waals surface area contributed by atoms with Gasteiger partial charge in [0.25, 0.3) is 0 Å². The topological polar surface area (TPSA) is 27.1 Å². The second kappa shape index (κ2) is 4.70. The molecule has 7 heteroatoms. The zero-order chi connectivity index (χ0) is 14.3. The summed E-state index contributed by atoms with van der Waals surface area (Å²) in [5, 5.41) is 4.07. The number of rotatable bonds is 2. The predicted octanol–water partition coefficient (Wildman–Crippen LogP) is 3.54. The number of benzene rings is 1. The molecule has 3 nitrogen and oxygen atoms in total. The molecule has 3 rings (SSSR count). The maximum atomic E-state index is 12.5. The molecule has 1 aliphatic rings. The summed E-state index contributed by atoms with van der Waals surface area (Å²) in [4.78, 5) is 0. The van der Waals surface area contributed by atoms with Crippen molar-refractivity contribution in [1.82, 2.24) is 9.78 Å². The molecule has 1 aliphatic heterocycles. The number of alkyl halides is 3. The van der Waals surface area contributed by atoms with Crippen molar-refractivity contribution in [1.29, 1.82) is 0 Å². The van der Waals surface area contributed by atoms with E-state index >= 15 is 0 Å². The van der Waals surface area contributed by atoms with E-state index in [1.54, 1.807) is 6.07 Å². The number of ether oxygens (including phenoxy) is 1. The molecule has 0 N–H and O–H groups in total. The lowest BCUT2D eigenvalue weighted by atomic mass is 10.1. The first kappa shape index (κ1) is 13.3. The van der Waals surface area contributed by atoms with Crippen molar-refractivity contribution in [2.75, 3.05) is 6.61 Å². The number of hydrogen-bond donors (Lipinski definition) is 0. The van der Waals surface area contributed by atoms with Crippen LogP contribution in [0.15, 0.2) is 24.4 Å². The number of halogens is 4. The van der Waals surface area contributed by atoms with Gasteiger partial charge in [-0.05, 0) is 23.8 Å². The highest BCUT2D eigenvalue weighted by molar-refractivity contribution is 6.30. The molecule has 0 unspecified atom stereocenters. The first-order chi connectivity index (χ1) is 9.43. The van der Waals surface area contributed by atoms with Gasteiger partial charge in [-0.3, -0.25) is 4.68 Å². The summed E-state index contributed by atoms with van der Waals surface area (Å²) in [5.41, 5.74) is 0.814. The quantitative estimate of drug-likeness (QED) is 0.848. The Kier molecular flexibility index (Phi) is 3.12. The molecule has 1 aromatic heterocycles. The summed E-state index contributed by atoms with van der Waals surface area (Å²) in [5.74, 6) is 0.707. The summed E-state index contributed by atoms with van der Waals surface area (Å²) >= 11 is 6.01. The molecule has 0 bridgehead atoms. The van der Waals surface area contributed by atoms with E-state index in [4.69, 9.17) is 16.3 Å². The summed E-state index contributed by atoms with van der Waals surface area (Å²) in [6.07, 6.45) is -2.38. The molecule has 0 fully saturated rings. The van der Waals surface area contributed by atoms with Gasteiger partial charge >= 0.3 is 6.18 Å². The number of aromatic nitrogens is 2. The van der Waals surface area contributed by atoms with Crippen molar-refractivity contribution in [3.05, 3.63) is 46.2 Å². The van der Waals surface area contributed by atoms with Crippen molar-refractivity contribution in [3.8, 4) is 5.75 Å². The Morgan fingerprint density at radius 3 is 2.85 bits per heavy atom. The van der Waals surface area contributed by atoms with Crippen molar-refractivity contribution in [2.45, 2.75) is 19.1 Å². The van der Waals surface area contributed by atoms with Gasteiger partial charge in [-0.15, -0.1) is 0 Å². The smallest absolute Gasteiger partial charge is 0.435 e. The molecule has 0 atom stereocenters. The van der Waals surface area contributed by atoms with E-state index in [2.05, 4.69) is 5.10 Å². The Labute approximate surface area is 117 Å². The van der Waals surface area contributed by atoms with Gasteiger partial charge in [0.1, 0.15) is 5.75 Å². The van der Waals surface area contributed by atoms with Gasteiger partial charge in [-0.1, -0.05) is 11.6 Å². The minimum atomic E-state index is -4.43. The fraction of sp³-hybridized carbons (Fsp3) is 0.308. The van der Waals surface area contributed by atoms with Crippen LogP contribution in [-0.2, 0) is 19.1 Å². The monoisotopic (exact) mass is 302 g/mol. The molecule has 1 aromatic carbocycles. The van der Waals surface area contributed by atoms with Gasteiger partial charge in [0.2, 0.25) is 0 Å². The fourth-order valence-electron chi connectivity index (χ4n) is 2.24. The van der Waals surface area contributed by atoms with Crippen molar-refractivity contribution in [3.63, 3.8) is 0 Å². The molecule has 0 saturated heterocycles. The summed E-state index contributed by atoms with van der Waals surface area (Å²) in [7, 11) is 0. The van der Waals surface area contributed by atoms with Crippen molar-refractivity contribution < 1.29 is 17.9 Å². The molecule has 20 heavy (non-hydrogen) atoms. The number of fused-ring (bicyclic) bond motifs is 1. The second-order valence-corrected chi connectivity index (χ2v) is 4.98. The van der Waals surface area contributed by atoms with Gasteiger partial charge in [0.05, 0.1) is 13.2 Å². The van der Waals surface area contributed by atoms with Crippen LogP contribution in [0.25, 0.3) is 0 Å². The van der Waals surface area contributed by atoms with Crippen LogP contribution in [0.2, 0.25) is 5.02 Å². The lowest BCUT2D eigenvalue weighted by Gasteiger charge is -2.09. The molecule has 106 valence electrons. The molecule has 0 aliphatic carbocycles. The molecular formula is C13H10ClF3N2O. The fourth-order valence-corrected chi connectivity index (χ4v) is 2.50. The van der Waals surface area contributed by atoms with Crippen LogP contribution in [0, 0.1) is 0 Å². The average molecular weight is 303 g/mol. The third-order valence-corrected chi connectivity index (χ3v) is 3.31. The Morgan fingerprint density at radius 1 is 1.35 bits per heavy atom. The summed E-state index contributed by atoms with van der Waals surface area (Å²) in [6.45, 7) is 0.758. The first-order valence-electron chi connectivity index (χ1n) is 5.98. The molecule has 2 aromatic rings. The SMILES string of the molecule is FC(F)(F)c1ccn(Cc2cc(Cl)cc3c2OCC3)n1. The van der Waals surface area contributed by atoms with Gasteiger partial charge in [-0.25, -0.2) is 0 Å². The van der Waals surface area contributed by atoms with Crippen LogP contribution >= 0.6 is 11.6 Å².